The summed E-state index contributed by atoms with van der Waals surface area (Å²) in [6.45, 7) is 7.40. The molecule has 0 bridgehead atoms. The van der Waals surface area contributed by atoms with Crippen LogP contribution < -0.4 is 9.47 Å². The molecule has 1 unspecified atom stereocenters. The average molecular weight is 303 g/mol. The van der Waals surface area contributed by atoms with E-state index in [4.69, 9.17) is 9.47 Å². The first kappa shape index (κ1) is 15.2. The average Bonchev–Trinajstić information content (AvgIpc) is 3.06. The Hall–Kier alpha value is -1.71. The number of fused-ring (bicyclic) bond motifs is 1. The highest BCUT2D eigenvalue weighted by Gasteiger charge is 2.26. The molecule has 0 saturated carbocycles. The summed E-state index contributed by atoms with van der Waals surface area (Å²) in [7, 11) is 0. The molecule has 1 saturated heterocycles. The molecule has 0 aromatic heterocycles. The summed E-state index contributed by atoms with van der Waals surface area (Å²) >= 11 is 0. The van der Waals surface area contributed by atoms with Gasteiger partial charge in [0, 0.05) is 19.5 Å². The minimum Gasteiger partial charge on any atom is -0.486 e. The van der Waals surface area contributed by atoms with Gasteiger partial charge in [0.05, 0.1) is 0 Å². The molecule has 3 rings (SSSR count). The van der Waals surface area contributed by atoms with E-state index in [0.29, 0.717) is 25.6 Å². The Balaban J connectivity index is 1.77. The van der Waals surface area contributed by atoms with E-state index in [1.807, 2.05) is 11.0 Å². The van der Waals surface area contributed by atoms with Crippen molar-refractivity contribution in [1.82, 2.24) is 4.90 Å². The fourth-order valence-electron chi connectivity index (χ4n) is 3.31. The zero-order chi connectivity index (χ0) is 15.5. The number of likely N-dealkylation sites (tertiary alicyclic amines) is 1. The van der Waals surface area contributed by atoms with Crippen LogP contribution in [0.3, 0.4) is 0 Å². The summed E-state index contributed by atoms with van der Waals surface area (Å²) in [5, 5.41) is 0. The Labute approximate surface area is 132 Å². The minimum absolute atomic E-state index is 0.226. The topological polar surface area (TPSA) is 38.8 Å². The maximum Gasteiger partial charge on any atom is 0.223 e. The maximum atomic E-state index is 12.5. The van der Waals surface area contributed by atoms with Gasteiger partial charge in [-0.2, -0.15) is 0 Å². The van der Waals surface area contributed by atoms with Gasteiger partial charge in [0.15, 0.2) is 11.5 Å². The van der Waals surface area contributed by atoms with E-state index in [1.54, 1.807) is 0 Å². The molecule has 2 aliphatic heterocycles. The number of hydrogen-bond acceptors (Lipinski definition) is 3. The van der Waals surface area contributed by atoms with Gasteiger partial charge < -0.3 is 14.4 Å². The van der Waals surface area contributed by atoms with E-state index in [0.717, 1.165) is 37.4 Å². The summed E-state index contributed by atoms with van der Waals surface area (Å²) in [5.74, 6) is 2.54. The first-order valence-corrected chi connectivity index (χ1v) is 8.32. The molecular weight excluding hydrogens is 278 g/mol. The van der Waals surface area contributed by atoms with Gasteiger partial charge in [-0.1, -0.05) is 19.9 Å². The zero-order valence-electron chi connectivity index (χ0n) is 13.5. The second-order valence-corrected chi connectivity index (χ2v) is 6.55. The van der Waals surface area contributed by atoms with Crippen LogP contribution in [-0.2, 0) is 4.79 Å². The van der Waals surface area contributed by atoms with Gasteiger partial charge >= 0.3 is 0 Å². The van der Waals surface area contributed by atoms with E-state index in [2.05, 4.69) is 26.0 Å². The highest BCUT2D eigenvalue weighted by atomic mass is 16.6. The van der Waals surface area contributed by atoms with Crippen LogP contribution in [0.25, 0.3) is 0 Å². The van der Waals surface area contributed by atoms with Crippen molar-refractivity contribution in [3.05, 3.63) is 23.8 Å². The molecule has 22 heavy (non-hydrogen) atoms. The lowest BCUT2D eigenvalue weighted by Gasteiger charge is -2.26. The maximum absolute atomic E-state index is 12.5. The first-order valence-electron chi connectivity index (χ1n) is 8.32. The number of carbonyl (C=O) groups excluding carboxylic acids is 1. The molecule has 1 aromatic rings. The molecule has 0 aliphatic carbocycles. The van der Waals surface area contributed by atoms with Crippen molar-refractivity contribution < 1.29 is 14.3 Å². The summed E-state index contributed by atoms with van der Waals surface area (Å²) in [4.78, 5) is 14.5. The molecular formula is C18H25NO3. The first-order chi connectivity index (χ1) is 10.6. The largest absolute Gasteiger partial charge is 0.486 e. The van der Waals surface area contributed by atoms with Crippen molar-refractivity contribution in [2.45, 2.75) is 39.0 Å². The van der Waals surface area contributed by atoms with Crippen LogP contribution in [0.4, 0.5) is 0 Å². The van der Waals surface area contributed by atoms with Gasteiger partial charge in [-0.05, 0) is 42.4 Å². The van der Waals surface area contributed by atoms with Crippen molar-refractivity contribution in [2.24, 2.45) is 5.92 Å². The van der Waals surface area contributed by atoms with E-state index in [9.17, 15) is 4.79 Å². The normalized spacial score (nSPS) is 18.6. The molecule has 0 spiro atoms. The van der Waals surface area contributed by atoms with Crippen molar-refractivity contribution in [3.63, 3.8) is 0 Å². The molecule has 1 aromatic carbocycles. The molecule has 1 fully saturated rings. The van der Waals surface area contributed by atoms with E-state index in [-0.39, 0.29) is 11.8 Å². The summed E-state index contributed by atoms with van der Waals surface area (Å²) in [6.07, 6.45) is 2.86. The van der Waals surface area contributed by atoms with Crippen molar-refractivity contribution >= 4 is 5.91 Å². The molecule has 2 aliphatic rings. The number of ether oxygens (including phenoxy) is 2. The Morgan fingerprint density at radius 3 is 2.50 bits per heavy atom. The fraction of sp³-hybridized carbons (Fsp3) is 0.611. The summed E-state index contributed by atoms with van der Waals surface area (Å²) in [5.41, 5.74) is 1.17. The number of amides is 1. The third kappa shape index (κ3) is 3.21. The Kier molecular flexibility index (Phi) is 4.55. The van der Waals surface area contributed by atoms with Crippen molar-refractivity contribution in [1.29, 1.82) is 0 Å². The van der Waals surface area contributed by atoms with E-state index >= 15 is 0 Å². The second-order valence-electron chi connectivity index (χ2n) is 6.55. The lowest BCUT2D eigenvalue weighted by molar-refractivity contribution is -0.130. The quantitative estimate of drug-likeness (QED) is 0.857. The zero-order valence-corrected chi connectivity index (χ0v) is 13.5. The van der Waals surface area contributed by atoms with Crippen molar-refractivity contribution in [2.75, 3.05) is 26.3 Å². The van der Waals surface area contributed by atoms with Crippen LogP contribution in [-0.4, -0.2) is 37.1 Å². The highest BCUT2D eigenvalue weighted by Crippen LogP contribution is 2.37. The molecule has 0 radical (unpaired) electrons. The summed E-state index contributed by atoms with van der Waals surface area (Å²) in [6, 6.07) is 6.10. The van der Waals surface area contributed by atoms with Crippen LogP contribution >= 0.6 is 0 Å². The molecule has 0 N–H and O–H groups in total. The number of carbonyl (C=O) groups is 1. The molecule has 4 nitrogen and oxygen atoms in total. The molecule has 4 heteroatoms. The third-order valence-corrected chi connectivity index (χ3v) is 4.65. The molecule has 2 heterocycles. The number of rotatable bonds is 4. The lowest BCUT2D eigenvalue weighted by atomic mass is 9.85. The fourth-order valence-corrected chi connectivity index (χ4v) is 3.31. The van der Waals surface area contributed by atoms with E-state index < -0.39 is 0 Å². The molecule has 1 atom stereocenters. The van der Waals surface area contributed by atoms with Gasteiger partial charge in [-0.3, -0.25) is 4.79 Å². The lowest BCUT2D eigenvalue weighted by Crippen LogP contribution is -2.29. The Morgan fingerprint density at radius 1 is 1.14 bits per heavy atom. The van der Waals surface area contributed by atoms with Crippen LogP contribution in [0.2, 0.25) is 0 Å². The SMILES string of the molecule is CC(C)C(CC(=O)N1CCCC1)c1ccc2c(c1)OCCO2. The standard InChI is InChI=1S/C18H25NO3/c1-13(2)15(12-18(20)19-7-3-4-8-19)14-5-6-16-17(11-14)22-10-9-21-16/h5-6,11,13,15H,3-4,7-10,12H2,1-2H3. The molecule has 120 valence electrons. The van der Waals surface area contributed by atoms with Gasteiger partial charge in [-0.25, -0.2) is 0 Å². The van der Waals surface area contributed by atoms with Gasteiger partial charge in [-0.15, -0.1) is 0 Å². The van der Waals surface area contributed by atoms with E-state index in [1.165, 1.54) is 5.56 Å². The Bertz CT molecular complexity index is 535. The third-order valence-electron chi connectivity index (χ3n) is 4.65. The highest BCUT2D eigenvalue weighted by molar-refractivity contribution is 5.77. The number of nitrogens with zero attached hydrogens (tertiary/aromatic N) is 1. The predicted octanol–water partition coefficient (Wildman–Crippen LogP) is 3.21. The van der Waals surface area contributed by atoms with Crippen LogP contribution in [0.5, 0.6) is 11.5 Å². The van der Waals surface area contributed by atoms with Crippen LogP contribution in [0.1, 0.15) is 44.6 Å². The van der Waals surface area contributed by atoms with Gasteiger partial charge in [0.2, 0.25) is 5.91 Å². The second kappa shape index (κ2) is 6.59. The van der Waals surface area contributed by atoms with Gasteiger partial charge in [0.25, 0.3) is 0 Å². The summed E-state index contributed by atoms with van der Waals surface area (Å²) < 4.78 is 11.3. The Morgan fingerprint density at radius 2 is 1.82 bits per heavy atom. The van der Waals surface area contributed by atoms with Crippen LogP contribution in [0.15, 0.2) is 18.2 Å². The minimum atomic E-state index is 0.226. The smallest absolute Gasteiger partial charge is 0.223 e. The predicted molar refractivity (Wildman–Crippen MR) is 85.4 cm³/mol. The van der Waals surface area contributed by atoms with Gasteiger partial charge in [0.1, 0.15) is 13.2 Å². The van der Waals surface area contributed by atoms with Crippen molar-refractivity contribution in [3.8, 4) is 11.5 Å². The number of hydrogen-bond donors (Lipinski definition) is 0. The number of benzene rings is 1. The monoisotopic (exact) mass is 303 g/mol. The van der Waals surface area contributed by atoms with Crippen LogP contribution in [0, 0.1) is 5.92 Å². The molecule has 1 amide bonds.